The summed E-state index contributed by atoms with van der Waals surface area (Å²) in [5.74, 6) is 0.706. The van der Waals surface area contributed by atoms with Crippen molar-refractivity contribution in [1.29, 1.82) is 0 Å². The first-order valence-corrected chi connectivity index (χ1v) is 6.85. The summed E-state index contributed by atoms with van der Waals surface area (Å²) in [4.78, 5) is 0. The summed E-state index contributed by atoms with van der Waals surface area (Å²) in [5.41, 5.74) is 0. The van der Waals surface area contributed by atoms with Crippen molar-refractivity contribution in [3.63, 3.8) is 0 Å². The Bertz CT molecular complexity index is 202. The van der Waals surface area contributed by atoms with Crippen LogP contribution >= 0.6 is 0 Å². The minimum Gasteiger partial charge on any atom is -0.393 e. The van der Waals surface area contributed by atoms with Crippen LogP contribution in [0, 0.1) is 5.92 Å². The number of aliphatic hydroxyl groups is 2. The summed E-state index contributed by atoms with van der Waals surface area (Å²) in [6.45, 7) is 1.02. The third-order valence-electron chi connectivity index (χ3n) is 4.21. The molecule has 0 aromatic heterocycles. The molecule has 0 aromatic rings. The van der Waals surface area contributed by atoms with Crippen LogP contribution in [0.25, 0.3) is 0 Å². The molecule has 0 heterocycles. The first kappa shape index (κ1) is 12.3. The van der Waals surface area contributed by atoms with Gasteiger partial charge < -0.3 is 15.5 Å². The smallest absolute Gasteiger partial charge is 0.0693 e. The van der Waals surface area contributed by atoms with Crippen LogP contribution in [0.5, 0.6) is 0 Å². The first-order valence-electron chi connectivity index (χ1n) is 6.85. The number of aliphatic hydroxyl groups excluding tert-OH is 2. The highest BCUT2D eigenvalue weighted by Crippen LogP contribution is 2.24. The Morgan fingerprint density at radius 3 is 2.25 bits per heavy atom. The van der Waals surface area contributed by atoms with Gasteiger partial charge in [0.2, 0.25) is 0 Å². The average Bonchev–Trinajstić information content (AvgIpc) is 2.30. The minimum atomic E-state index is -0.136. The fourth-order valence-corrected chi connectivity index (χ4v) is 3.02. The maximum absolute atomic E-state index is 9.84. The van der Waals surface area contributed by atoms with Gasteiger partial charge in [0.15, 0.2) is 0 Å². The average molecular weight is 227 g/mol. The van der Waals surface area contributed by atoms with Crippen molar-refractivity contribution in [3.8, 4) is 0 Å². The van der Waals surface area contributed by atoms with Gasteiger partial charge >= 0.3 is 0 Å². The molecule has 2 rings (SSSR count). The van der Waals surface area contributed by atoms with E-state index in [1.165, 1.54) is 12.8 Å². The van der Waals surface area contributed by atoms with Gasteiger partial charge in [-0.25, -0.2) is 0 Å². The lowest BCUT2D eigenvalue weighted by Gasteiger charge is -2.32. The summed E-state index contributed by atoms with van der Waals surface area (Å²) >= 11 is 0. The van der Waals surface area contributed by atoms with Crippen LogP contribution in [0.1, 0.15) is 51.4 Å². The van der Waals surface area contributed by atoms with E-state index in [2.05, 4.69) is 5.32 Å². The fraction of sp³-hybridized carbons (Fsp3) is 1.00. The topological polar surface area (TPSA) is 52.5 Å². The van der Waals surface area contributed by atoms with Gasteiger partial charge in [0.1, 0.15) is 0 Å². The van der Waals surface area contributed by atoms with Crippen molar-refractivity contribution in [2.75, 3.05) is 6.54 Å². The van der Waals surface area contributed by atoms with Gasteiger partial charge in [-0.3, -0.25) is 0 Å². The lowest BCUT2D eigenvalue weighted by atomic mass is 9.86. The van der Waals surface area contributed by atoms with Gasteiger partial charge in [-0.05, 0) is 51.0 Å². The molecule has 2 aliphatic rings. The van der Waals surface area contributed by atoms with E-state index < -0.39 is 0 Å². The number of nitrogens with one attached hydrogen (secondary N) is 1. The molecule has 0 spiro atoms. The molecule has 0 aromatic carbocycles. The molecule has 0 saturated heterocycles. The maximum atomic E-state index is 9.84. The molecule has 3 nitrogen and oxygen atoms in total. The quantitative estimate of drug-likeness (QED) is 0.683. The Hall–Kier alpha value is -0.120. The van der Waals surface area contributed by atoms with E-state index in [0.717, 1.165) is 45.1 Å². The third kappa shape index (κ3) is 3.44. The molecule has 2 saturated carbocycles. The zero-order valence-electron chi connectivity index (χ0n) is 10.1. The monoisotopic (exact) mass is 227 g/mol. The van der Waals surface area contributed by atoms with E-state index in [0.29, 0.717) is 12.0 Å². The van der Waals surface area contributed by atoms with Gasteiger partial charge in [0.25, 0.3) is 0 Å². The highest BCUT2D eigenvalue weighted by molar-refractivity contribution is 4.82. The number of rotatable bonds is 3. The molecule has 0 aliphatic heterocycles. The third-order valence-corrected chi connectivity index (χ3v) is 4.21. The van der Waals surface area contributed by atoms with Crippen LogP contribution in [0.4, 0.5) is 0 Å². The zero-order valence-corrected chi connectivity index (χ0v) is 10.1. The second-order valence-corrected chi connectivity index (χ2v) is 5.54. The summed E-state index contributed by atoms with van der Waals surface area (Å²) in [5, 5.41) is 22.8. The summed E-state index contributed by atoms with van der Waals surface area (Å²) in [6, 6.07) is 0.320. The molecule has 16 heavy (non-hydrogen) atoms. The SMILES string of the molecule is OC1CCC(CN[C@@H]2CCCC[C@H]2O)CC1. The number of hydrogen-bond acceptors (Lipinski definition) is 3. The number of hydrogen-bond donors (Lipinski definition) is 3. The van der Waals surface area contributed by atoms with E-state index in [-0.39, 0.29) is 12.2 Å². The van der Waals surface area contributed by atoms with Crippen LogP contribution in [0.2, 0.25) is 0 Å². The fourth-order valence-electron chi connectivity index (χ4n) is 3.02. The standard InChI is InChI=1S/C13H25NO2/c15-11-7-5-10(6-8-11)9-14-12-3-1-2-4-13(12)16/h10-16H,1-9H2/t10?,11?,12-,13-/m1/s1. The zero-order chi connectivity index (χ0) is 11.4. The maximum Gasteiger partial charge on any atom is 0.0693 e. The lowest BCUT2D eigenvalue weighted by molar-refractivity contribution is 0.0796. The Balaban J connectivity index is 1.66. The van der Waals surface area contributed by atoms with Crippen LogP contribution in [0.3, 0.4) is 0 Å². The summed E-state index contributed by atoms with van der Waals surface area (Å²) < 4.78 is 0. The molecule has 0 amide bonds. The summed E-state index contributed by atoms with van der Waals surface area (Å²) in [7, 11) is 0. The molecule has 2 atom stereocenters. The molecule has 2 fully saturated rings. The molecule has 0 radical (unpaired) electrons. The molecule has 0 bridgehead atoms. The van der Waals surface area contributed by atoms with Gasteiger partial charge in [0.05, 0.1) is 12.2 Å². The molecule has 94 valence electrons. The van der Waals surface area contributed by atoms with Crippen molar-refractivity contribution >= 4 is 0 Å². The van der Waals surface area contributed by atoms with Crippen LogP contribution in [-0.4, -0.2) is 35.0 Å². The van der Waals surface area contributed by atoms with Crippen molar-refractivity contribution in [2.45, 2.75) is 69.6 Å². The molecule has 2 aliphatic carbocycles. The van der Waals surface area contributed by atoms with Crippen LogP contribution < -0.4 is 5.32 Å². The van der Waals surface area contributed by atoms with Crippen molar-refractivity contribution < 1.29 is 10.2 Å². The predicted molar refractivity (Wildman–Crippen MR) is 64.2 cm³/mol. The molecule has 3 N–H and O–H groups in total. The minimum absolute atomic E-state index is 0.0588. The second-order valence-electron chi connectivity index (χ2n) is 5.54. The second kappa shape index (κ2) is 5.99. The highest BCUT2D eigenvalue weighted by atomic mass is 16.3. The van der Waals surface area contributed by atoms with Gasteiger partial charge in [0, 0.05) is 6.04 Å². The Kier molecular flexibility index (Phi) is 4.62. The highest BCUT2D eigenvalue weighted by Gasteiger charge is 2.24. The van der Waals surface area contributed by atoms with Gasteiger partial charge in [-0.1, -0.05) is 12.8 Å². The van der Waals surface area contributed by atoms with Crippen LogP contribution in [0.15, 0.2) is 0 Å². The van der Waals surface area contributed by atoms with Crippen LogP contribution in [-0.2, 0) is 0 Å². The van der Waals surface area contributed by atoms with E-state index in [1.807, 2.05) is 0 Å². The Morgan fingerprint density at radius 1 is 0.875 bits per heavy atom. The predicted octanol–water partition coefficient (Wildman–Crippen LogP) is 1.43. The molecule has 0 unspecified atom stereocenters. The molecular weight excluding hydrogens is 202 g/mol. The van der Waals surface area contributed by atoms with Gasteiger partial charge in [-0.15, -0.1) is 0 Å². The summed E-state index contributed by atoms with van der Waals surface area (Å²) in [6.07, 6.45) is 8.50. The largest absolute Gasteiger partial charge is 0.393 e. The normalized spacial score (nSPS) is 40.9. The first-order chi connectivity index (χ1) is 7.75. The van der Waals surface area contributed by atoms with E-state index in [1.54, 1.807) is 0 Å². The van der Waals surface area contributed by atoms with E-state index in [9.17, 15) is 10.2 Å². The lowest BCUT2D eigenvalue weighted by Crippen LogP contribution is -2.44. The Morgan fingerprint density at radius 2 is 1.56 bits per heavy atom. The van der Waals surface area contributed by atoms with Crippen molar-refractivity contribution in [2.24, 2.45) is 5.92 Å². The Labute approximate surface area is 98.2 Å². The molecule has 3 heteroatoms. The van der Waals surface area contributed by atoms with Gasteiger partial charge in [-0.2, -0.15) is 0 Å². The molecular formula is C13H25NO2. The van der Waals surface area contributed by atoms with Crippen molar-refractivity contribution in [1.82, 2.24) is 5.32 Å². The van der Waals surface area contributed by atoms with E-state index in [4.69, 9.17) is 0 Å². The van der Waals surface area contributed by atoms with E-state index >= 15 is 0 Å². The van der Waals surface area contributed by atoms with Crippen molar-refractivity contribution in [3.05, 3.63) is 0 Å².